The Balaban J connectivity index is 2.45. The first kappa shape index (κ1) is 14.2. The minimum atomic E-state index is -0.293. The second-order valence-corrected chi connectivity index (χ2v) is 5.00. The Morgan fingerprint density at radius 1 is 1.29 bits per heavy atom. The highest BCUT2D eigenvalue weighted by atomic mass is 16.5. The average Bonchev–Trinajstić information content (AvgIpc) is 2.29. The summed E-state index contributed by atoms with van der Waals surface area (Å²) < 4.78 is 5.58. The number of unbranched alkanes of at least 4 members (excludes halogenated alkanes) is 1. The van der Waals surface area contributed by atoms with Gasteiger partial charge in [0.05, 0.1) is 0 Å². The van der Waals surface area contributed by atoms with Gasteiger partial charge in [-0.05, 0) is 32.3 Å². The van der Waals surface area contributed by atoms with Crippen molar-refractivity contribution in [3.63, 3.8) is 0 Å². The Kier molecular flexibility index (Phi) is 5.66. The van der Waals surface area contributed by atoms with Gasteiger partial charge in [-0.25, -0.2) is 0 Å². The minimum absolute atomic E-state index is 0.293. The Labute approximate surface area is 105 Å². The maximum absolute atomic E-state index is 6.34. The van der Waals surface area contributed by atoms with E-state index in [0.717, 1.165) is 26.1 Å². The van der Waals surface area contributed by atoms with Gasteiger partial charge in [0, 0.05) is 18.8 Å². The van der Waals surface area contributed by atoms with Crippen LogP contribution in [0.4, 0.5) is 0 Å². The molecule has 0 fully saturated rings. The molecule has 96 valence electrons. The maximum Gasteiger partial charge on any atom is 0.0486 e. The molecular formula is C15H25NO. The molecule has 0 aliphatic carbocycles. The molecule has 0 radical (unpaired) electrons. The SMILES string of the molecule is CCCCOCCC(C)(N)c1cccc(C)c1. The minimum Gasteiger partial charge on any atom is -0.381 e. The number of aryl methyl sites for hydroxylation is 1. The number of benzene rings is 1. The van der Waals surface area contributed by atoms with E-state index < -0.39 is 0 Å². The molecule has 0 saturated carbocycles. The molecule has 0 amide bonds. The highest BCUT2D eigenvalue weighted by Gasteiger charge is 2.20. The van der Waals surface area contributed by atoms with Crippen molar-refractivity contribution >= 4 is 0 Å². The molecule has 1 atom stereocenters. The molecule has 2 heteroatoms. The Morgan fingerprint density at radius 2 is 2.06 bits per heavy atom. The Morgan fingerprint density at radius 3 is 2.71 bits per heavy atom. The molecule has 0 spiro atoms. The third-order valence-corrected chi connectivity index (χ3v) is 3.09. The molecule has 1 aromatic carbocycles. The van der Waals surface area contributed by atoms with E-state index in [9.17, 15) is 0 Å². The van der Waals surface area contributed by atoms with Gasteiger partial charge in [0.15, 0.2) is 0 Å². The van der Waals surface area contributed by atoms with Crippen molar-refractivity contribution in [1.82, 2.24) is 0 Å². The average molecular weight is 235 g/mol. The summed E-state index contributed by atoms with van der Waals surface area (Å²) >= 11 is 0. The molecule has 1 aromatic rings. The van der Waals surface area contributed by atoms with Crippen molar-refractivity contribution in [1.29, 1.82) is 0 Å². The molecule has 2 nitrogen and oxygen atoms in total. The number of hydrogen-bond acceptors (Lipinski definition) is 2. The quantitative estimate of drug-likeness (QED) is 0.735. The Hall–Kier alpha value is -0.860. The van der Waals surface area contributed by atoms with Crippen LogP contribution in [0, 0.1) is 6.92 Å². The summed E-state index contributed by atoms with van der Waals surface area (Å²) in [5.74, 6) is 0. The predicted octanol–water partition coefficient (Wildman–Crippen LogP) is 3.38. The molecule has 17 heavy (non-hydrogen) atoms. The monoisotopic (exact) mass is 235 g/mol. The van der Waals surface area contributed by atoms with Crippen LogP contribution in [0.3, 0.4) is 0 Å². The fourth-order valence-corrected chi connectivity index (χ4v) is 1.78. The number of hydrogen-bond donors (Lipinski definition) is 1. The van der Waals surface area contributed by atoms with E-state index in [1.807, 2.05) is 0 Å². The van der Waals surface area contributed by atoms with Crippen molar-refractivity contribution in [3.05, 3.63) is 35.4 Å². The van der Waals surface area contributed by atoms with E-state index in [2.05, 4.69) is 45.0 Å². The van der Waals surface area contributed by atoms with E-state index in [1.54, 1.807) is 0 Å². The van der Waals surface area contributed by atoms with Gasteiger partial charge < -0.3 is 10.5 Å². The summed E-state index contributed by atoms with van der Waals surface area (Å²) in [6.45, 7) is 7.92. The molecule has 0 aliphatic rings. The second-order valence-electron chi connectivity index (χ2n) is 5.00. The topological polar surface area (TPSA) is 35.2 Å². The van der Waals surface area contributed by atoms with Gasteiger partial charge in [0.25, 0.3) is 0 Å². The third kappa shape index (κ3) is 4.88. The van der Waals surface area contributed by atoms with E-state index in [4.69, 9.17) is 10.5 Å². The van der Waals surface area contributed by atoms with Gasteiger partial charge in [-0.15, -0.1) is 0 Å². The highest BCUT2D eigenvalue weighted by molar-refractivity contribution is 5.27. The standard InChI is InChI=1S/C15H25NO/c1-4-5-10-17-11-9-15(3,16)14-8-6-7-13(2)12-14/h6-8,12H,4-5,9-11,16H2,1-3H3. The van der Waals surface area contributed by atoms with Crippen molar-refractivity contribution in [2.45, 2.75) is 45.6 Å². The lowest BCUT2D eigenvalue weighted by atomic mass is 9.89. The molecular weight excluding hydrogens is 210 g/mol. The first-order valence-corrected chi connectivity index (χ1v) is 6.50. The summed E-state index contributed by atoms with van der Waals surface area (Å²) in [5, 5.41) is 0. The fourth-order valence-electron chi connectivity index (χ4n) is 1.78. The lowest BCUT2D eigenvalue weighted by Crippen LogP contribution is -2.34. The van der Waals surface area contributed by atoms with Crippen molar-refractivity contribution < 1.29 is 4.74 Å². The molecule has 0 bridgehead atoms. The van der Waals surface area contributed by atoms with E-state index in [-0.39, 0.29) is 5.54 Å². The van der Waals surface area contributed by atoms with Crippen LogP contribution in [0.2, 0.25) is 0 Å². The van der Waals surface area contributed by atoms with Gasteiger partial charge in [-0.1, -0.05) is 43.2 Å². The predicted molar refractivity (Wildman–Crippen MR) is 73.1 cm³/mol. The van der Waals surface area contributed by atoms with Crippen molar-refractivity contribution in [2.75, 3.05) is 13.2 Å². The van der Waals surface area contributed by atoms with Gasteiger partial charge >= 0.3 is 0 Å². The fraction of sp³-hybridized carbons (Fsp3) is 0.600. The van der Waals surface area contributed by atoms with Crippen LogP contribution in [-0.4, -0.2) is 13.2 Å². The van der Waals surface area contributed by atoms with Crippen LogP contribution >= 0.6 is 0 Å². The highest BCUT2D eigenvalue weighted by Crippen LogP contribution is 2.22. The number of ether oxygens (including phenoxy) is 1. The summed E-state index contributed by atoms with van der Waals surface area (Å²) in [4.78, 5) is 0. The van der Waals surface area contributed by atoms with Gasteiger partial charge in [-0.3, -0.25) is 0 Å². The van der Waals surface area contributed by atoms with Crippen molar-refractivity contribution in [3.8, 4) is 0 Å². The first-order chi connectivity index (χ1) is 8.06. The van der Waals surface area contributed by atoms with Gasteiger partial charge in [-0.2, -0.15) is 0 Å². The summed E-state index contributed by atoms with van der Waals surface area (Å²) in [6, 6.07) is 8.41. The van der Waals surface area contributed by atoms with Gasteiger partial charge in [0.2, 0.25) is 0 Å². The van der Waals surface area contributed by atoms with E-state index >= 15 is 0 Å². The first-order valence-electron chi connectivity index (χ1n) is 6.50. The normalized spacial score (nSPS) is 14.6. The second kappa shape index (κ2) is 6.77. The molecule has 0 aliphatic heterocycles. The zero-order valence-corrected chi connectivity index (χ0v) is 11.3. The zero-order chi connectivity index (χ0) is 12.7. The molecule has 1 rings (SSSR count). The molecule has 0 saturated heterocycles. The van der Waals surface area contributed by atoms with Crippen LogP contribution in [0.25, 0.3) is 0 Å². The maximum atomic E-state index is 6.34. The lowest BCUT2D eigenvalue weighted by molar-refractivity contribution is 0.114. The van der Waals surface area contributed by atoms with Crippen LogP contribution in [-0.2, 0) is 10.3 Å². The largest absolute Gasteiger partial charge is 0.381 e. The Bertz CT molecular complexity index is 333. The van der Waals surface area contributed by atoms with Crippen molar-refractivity contribution in [2.24, 2.45) is 5.73 Å². The van der Waals surface area contributed by atoms with Crippen LogP contribution in [0.15, 0.2) is 24.3 Å². The molecule has 1 unspecified atom stereocenters. The summed E-state index contributed by atoms with van der Waals surface area (Å²) in [6.07, 6.45) is 3.17. The van der Waals surface area contributed by atoms with Crippen LogP contribution in [0.1, 0.15) is 44.2 Å². The van der Waals surface area contributed by atoms with Crippen LogP contribution < -0.4 is 5.73 Å². The van der Waals surface area contributed by atoms with E-state index in [0.29, 0.717) is 0 Å². The molecule has 2 N–H and O–H groups in total. The lowest BCUT2D eigenvalue weighted by Gasteiger charge is -2.25. The molecule has 0 heterocycles. The number of rotatable bonds is 7. The van der Waals surface area contributed by atoms with Gasteiger partial charge in [0.1, 0.15) is 0 Å². The zero-order valence-electron chi connectivity index (χ0n) is 11.3. The van der Waals surface area contributed by atoms with E-state index in [1.165, 1.54) is 17.5 Å². The summed E-state index contributed by atoms with van der Waals surface area (Å²) in [5.41, 5.74) is 8.50. The third-order valence-electron chi connectivity index (χ3n) is 3.09. The molecule has 0 aromatic heterocycles. The smallest absolute Gasteiger partial charge is 0.0486 e. The summed E-state index contributed by atoms with van der Waals surface area (Å²) in [7, 11) is 0. The number of nitrogens with two attached hydrogens (primary N) is 1. The van der Waals surface area contributed by atoms with Crippen LogP contribution in [0.5, 0.6) is 0 Å².